The minimum atomic E-state index is -3.98. The molecule has 2 aliphatic heterocycles. The van der Waals surface area contributed by atoms with Gasteiger partial charge in [-0.25, -0.2) is 27.1 Å². The standard InChI is InChI=1S/C26H32FN5O4S/c1-25(20-12-18(6-8-21(20)27)13-23(33)22-9-7-19(36-3)14-29-22)26(37(34,35)31(2)24(28)30-25)10-11-32(16-26)15-17-4-5-17/h6-9,12,14,17H,4-5,10-11,13,15-16H2,1-3H3,(H2,28,30)/t25-,26-/m1/s1. The fraction of sp³-hybridized carbons (Fsp3) is 0.500. The van der Waals surface area contributed by atoms with Crippen molar-refractivity contribution in [1.82, 2.24) is 14.2 Å². The van der Waals surface area contributed by atoms with Crippen molar-refractivity contribution in [2.75, 3.05) is 33.8 Å². The molecule has 2 fully saturated rings. The Balaban J connectivity index is 1.54. The Bertz CT molecular complexity index is 1360. The number of hydrogen-bond donors (Lipinski definition) is 1. The highest BCUT2D eigenvalue weighted by Crippen LogP contribution is 2.52. The van der Waals surface area contributed by atoms with Gasteiger partial charge in [-0.15, -0.1) is 0 Å². The minimum Gasteiger partial charge on any atom is -0.495 e. The summed E-state index contributed by atoms with van der Waals surface area (Å²) >= 11 is 0. The molecule has 3 aliphatic rings. The van der Waals surface area contributed by atoms with Crippen molar-refractivity contribution in [3.63, 3.8) is 0 Å². The second-order valence-corrected chi connectivity index (χ2v) is 12.7. The number of guanidine groups is 1. The van der Waals surface area contributed by atoms with E-state index in [0.717, 1.165) is 23.7 Å². The van der Waals surface area contributed by atoms with E-state index >= 15 is 4.39 Å². The van der Waals surface area contributed by atoms with Crippen molar-refractivity contribution in [2.24, 2.45) is 16.6 Å². The maximum Gasteiger partial charge on any atom is 0.247 e. The van der Waals surface area contributed by atoms with Crippen molar-refractivity contribution in [2.45, 2.75) is 42.9 Å². The maximum atomic E-state index is 15.5. The monoisotopic (exact) mass is 529 g/mol. The molecule has 37 heavy (non-hydrogen) atoms. The van der Waals surface area contributed by atoms with E-state index in [0.29, 0.717) is 30.2 Å². The number of hydrogen-bond acceptors (Lipinski definition) is 8. The number of pyridine rings is 1. The van der Waals surface area contributed by atoms with Crippen molar-refractivity contribution in [3.05, 3.63) is 59.2 Å². The Hall–Kier alpha value is -3.05. The first-order chi connectivity index (χ1) is 17.5. The number of rotatable bonds is 7. The zero-order chi connectivity index (χ0) is 26.6. The second-order valence-electron chi connectivity index (χ2n) is 10.4. The third kappa shape index (κ3) is 4.17. The van der Waals surface area contributed by atoms with Crippen molar-refractivity contribution >= 4 is 21.8 Å². The van der Waals surface area contributed by atoms with Crippen LogP contribution in [0.4, 0.5) is 4.39 Å². The number of benzene rings is 1. The highest BCUT2D eigenvalue weighted by atomic mass is 32.2. The Morgan fingerprint density at radius 2 is 2.03 bits per heavy atom. The number of ether oxygens (including phenoxy) is 1. The van der Waals surface area contributed by atoms with Gasteiger partial charge < -0.3 is 15.4 Å². The molecule has 3 heterocycles. The van der Waals surface area contributed by atoms with E-state index in [2.05, 4.69) is 14.9 Å². The Morgan fingerprint density at radius 3 is 2.68 bits per heavy atom. The summed E-state index contributed by atoms with van der Waals surface area (Å²) < 4.78 is 48.1. The van der Waals surface area contributed by atoms with Crippen LogP contribution in [0.5, 0.6) is 5.75 Å². The van der Waals surface area contributed by atoms with Gasteiger partial charge in [0.1, 0.15) is 27.5 Å². The largest absolute Gasteiger partial charge is 0.495 e. The summed E-state index contributed by atoms with van der Waals surface area (Å²) in [5, 5.41) is 0. The fourth-order valence-corrected chi connectivity index (χ4v) is 7.79. The molecule has 2 aromatic rings. The van der Waals surface area contributed by atoms with E-state index < -0.39 is 26.1 Å². The van der Waals surface area contributed by atoms with Gasteiger partial charge in [0.25, 0.3) is 0 Å². The van der Waals surface area contributed by atoms with E-state index in [9.17, 15) is 13.2 Å². The first kappa shape index (κ1) is 25.6. The van der Waals surface area contributed by atoms with E-state index in [-0.39, 0.29) is 36.0 Å². The minimum absolute atomic E-state index is 0.0324. The van der Waals surface area contributed by atoms with Gasteiger partial charge in [0.05, 0.1) is 13.3 Å². The van der Waals surface area contributed by atoms with Crippen molar-refractivity contribution < 1.29 is 22.3 Å². The lowest BCUT2D eigenvalue weighted by molar-refractivity contribution is 0.0988. The van der Waals surface area contributed by atoms with E-state index in [1.807, 2.05) is 0 Å². The van der Waals surface area contributed by atoms with Crippen LogP contribution in [0, 0.1) is 11.7 Å². The summed E-state index contributed by atoms with van der Waals surface area (Å²) in [5.74, 6) is 0.0898. The number of methoxy groups -OCH3 is 1. The summed E-state index contributed by atoms with van der Waals surface area (Å²) in [6.45, 7) is 3.29. The molecule has 0 radical (unpaired) electrons. The van der Waals surface area contributed by atoms with Crippen LogP contribution in [0.3, 0.4) is 0 Å². The Morgan fingerprint density at radius 1 is 1.27 bits per heavy atom. The molecule has 0 bridgehead atoms. The van der Waals surface area contributed by atoms with Crippen LogP contribution < -0.4 is 10.5 Å². The topological polar surface area (TPSA) is 118 Å². The number of sulfonamides is 1. The van der Waals surface area contributed by atoms with Gasteiger partial charge in [0.2, 0.25) is 16.0 Å². The number of ketones is 1. The molecule has 5 rings (SSSR count). The van der Waals surface area contributed by atoms with Crippen LogP contribution >= 0.6 is 0 Å². The van der Waals surface area contributed by atoms with Gasteiger partial charge in [-0.2, -0.15) is 0 Å². The number of aromatic nitrogens is 1. The SMILES string of the molecule is COc1ccc(C(=O)Cc2ccc(F)c([C@@]3(C)N=C(N)N(C)S(=O)(=O)[C@@]34CCN(CC3CC3)C4)c2)nc1. The Labute approximate surface area is 216 Å². The second kappa shape index (κ2) is 9.05. The zero-order valence-electron chi connectivity index (χ0n) is 21.3. The van der Waals surface area contributed by atoms with E-state index in [4.69, 9.17) is 10.5 Å². The number of Topliss-reactive ketones (excluding diaryl/α,β-unsaturated/α-hetero) is 1. The molecule has 9 nitrogen and oxygen atoms in total. The number of carbonyl (C=O) groups excluding carboxylic acids is 1. The lowest BCUT2D eigenvalue weighted by atomic mass is 9.77. The molecule has 2 N–H and O–H groups in total. The Kier molecular flexibility index (Phi) is 6.26. The molecule has 198 valence electrons. The highest BCUT2D eigenvalue weighted by molar-refractivity contribution is 7.91. The van der Waals surface area contributed by atoms with Crippen molar-refractivity contribution in [3.8, 4) is 5.75 Å². The normalized spacial score (nSPS) is 27.4. The molecule has 1 spiro atoms. The van der Waals surface area contributed by atoms with Gasteiger partial charge in [-0.1, -0.05) is 6.07 Å². The number of nitrogens with zero attached hydrogens (tertiary/aromatic N) is 4. The highest BCUT2D eigenvalue weighted by Gasteiger charge is 2.66. The predicted octanol–water partition coefficient (Wildman–Crippen LogP) is 2.31. The van der Waals surface area contributed by atoms with E-state index in [1.165, 1.54) is 32.5 Å². The van der Waals surface area contributed by atoms with Crippen LogP contribution in [0.25, 0.3) is 0 Å². The molecule has 1 aromatic carbocycles. The van der Waals surface area contributed by atoms with E-state index in [1.54, 1.807) is 25.1 Å². The lowest BCUT2D eigenvalue weighted by Gasteiger charge is -2.48. The molecule has 2 atom stereocenters. The van der Waals surface area contributed by atoms with Crippen LogP contribution in [-0.2, 0) is 22.0 Å². The average molecular weight is 530 g/mol. The first-order valence-electron chi connectivity index (χ1n) is 12.4. The molecule has 0 unspecified atom stereocenters. The maximum absolute atomic E-state index is 15.5. The molecule has 11 heteroatoms. The number of halogens is 1. The lowest BCUT2D eigenvalue weighted by Crippen LogP contribution is -2.66. The summed E-state index contributed by atoms with van der Waals surface area (Å²) in [6, 6.07) is 7.57. The number of likely N-dealkylation sites (tertiary alicyclic amines) is 1. The number of carbonyl (C=O) groups is 1. The zero-order valence-corrected chi connectivity index (χ0v) is 22.1. The molecule has 1 saturated carbocycles. The molecule has 1 aliphatic carbocycles. The van der Waals surface area contributed by atoms with Crippen molar-refractivity contribution in [1.29, 1.82) is 0 Å². The van der Waals surface area contributed by atoms with Crippen LogP contribution in [0.2, 0.25) is 0 Å². The summed E-state index contributed by atoms with van der Waals surface area (Å²) in [7, 11) is -1.07. The van der Waals surface area contributed by atoms with Crippen LogP contribution in [-0.4, -0.2) is 72.9 Å². The quantitative estimate of drug-likeness (QED) is 0.547. The molecule has 0 amide bonds. The van der Waals surface area contributed by atoms with Gasteiger partial charge >= 0.3 is 0 Å². The third-order valence-electron chi connectivity index (χ3n) is 8.10. The van der Waals surface area contributed by atoms with Gasteiger partial charge in [-0.05, 0) is 68.5 Å². The smallest absolute Gasteiger partial charge is 0.247 e. The summed E-state index contributed by atoms with van der Waals surface area (Å²) in [4.78, 5) is 23.9. The van der Waals surface area contributed by atoms with Gasteiger partial charge in [0, 0.05) is 32.1 Å². The number of aliphatic imine (C=N–C) groups is 1. The molecule has 1 saturated heterocycles. The number of nitrogens with two attached hydrogens (primary N) is 1. The van der Waals surface area contributed by atoms with Crippen LogP contribution in [0.1, 0.15) is 47.8 Å². The fourth-order valence-electron chi connectivity index (χ4n) is 5.63. The third-order valence-corrected chi connectivity index (χ3v) is 10.7. The predicted molar refractivity (Wildman–Crippen MR) is 137 cm³/mol. The van der Waals surface area contributed by atoms with Crippen LogP contribution in [0.15, 0.2) is 41.5 Å². The average Bonchev–Trinajstić information content (AvgIpc) is 3.58. The summed E-state index contributed by atoms with van der Waals surface area (Å²) in [5.41, 5.74) is 5.52. The van der Waals surface area contributed by atoms with Gasteiger partial charge in [-0.3, -0.25) is 4.79 Å². The summed E-state index contributed by atoms with van der Waals surface area (Å²) in [6.07, 6.45) is 4.02. The first-order valence-corrected chi connectivity index (χ1v) is 13.8. The molecular formula is C26H32FN5O4S. The molecule has 1 aromatic heterocycles. The van der Waals surface area contributed by atoms with Gasteiger partial charge in [0.15, 0.2) is 5.78 Å². The molecular weight excluding hydrogens is 497 g/mol.